The number of methoxy groups -OCH3 is 2. The van der Waals surface area contributed by atoms with Crippen LogP contribution >= 0.6 is 0 Å². The molecule has 178 valence electrons. The van der Waals surface area contributed by atoms with Gasteiger partial charge in [0.25, 0.3) is 11.8 Å². The predicted molar refractivity (Wildman–Crippen MR) is 134 cm³/mol. The number of benzene rings is 3. The SMILES string of the molecule is COc1ccccc1NC(=O)C(C#N)=Cc1ccc(OCC(=O)Nc2ccccc2C)c(OC)c1. The number of para-hydroxylation sites is 3. The molecule has 0 atom stereocenters. The van der Waals surface area contributed by atoms with Crippen molar-refractivity contribution in [3.8, 4) is 23.3 Å². The summed E-state index contributed by atoms with van der Waals surface area (Å²) >= 11 is 0. The van der Waals surface area contributed by atoms with E-state index in [9.17, 15) is 14.9 Å². The van der Waals surface area contributed by atoms with Crippen LogP contribution in [0.3, 0.4) is 0 Å². The second-order valence-electron chi connectivity index (χ2n) is 7.39. The zero-order chi connectivity index (χ0) is 25.2. The Bertz CT molecular complexity index is 1290. The van der Waals surface area contributed by atoms with Crippen molar-refractivity contribution in [1.29, 1.82) is 5.26 Å². The van der Waals surface area contributed by atoms with Crippen LogP contribution in [-0.4, -0.2) is 32.6 Å². The third-order valence-corrected chi connectivity index (χ3v) is 5.00. The molecule has 0 fully saturated rings. The van der Waals surface area contributed by atoms with Gasteiger partial charge >= 0.3 is 0 Å². The number of ether oxygens (including phenoxy) is 3. The minimum atomic E-state index is -0.579. The summed E-state index contributed by atoms with van der Waals surface area (Å²) in [5, 5.41) is 15.0. The first-order valence-corrected chi connectivity index (χ1v) is 10.7. The normalized spacial score (nSPS) is 10.6. The van der Waals surface area contributed by atoms with Crippen LogP contribution in [0.4, 0.5) is 11.4 Å². The Hall–Kier alpha value is -4.77. The molecular weight excluding hydrogens is 446 g/mol. The summed E-state index contributed by atoms with van der Waals surface area (Å²) in [4.78, 5) is 24.9. The molecule has 0 aromatic heterocycles. The number of carbonyl (C=O) groups excluding carboxylic acids is 2. The van der Waals surface area contributed by atoms with E-state index >= 15 is 0 Å². The maximum atomic E-state index is 12.6. The predicted octanol–water partition coefficient (Wildman–Crippen LogP) is 4.58. The van der Waals surface area contributed by atoms with Gasteiger partial charge < -0.3 is 24.8 Å². The van der Waals surface area contributed by atoms with E-state index in [1.54, 1.807) is 42.5 Å². The quantitative estimate of drug-likeness (QED) is 0.349. The van der Waals surface area contributed by atoms with Crippen molar-refractivity contribution < 1.29 is 23.8 Å². The van der Waals surface area contributed by atoms with Gasteiger partial charge in [0.05, 0.1) is 19.9 Å². The van der Waals surface area contributed by atoms with Gasteiger partial charge in [0.1, 0.15) is 17.4 Å². The molecule has 3 aromatic carbocycles. The molecule has 0 unspecified atom stereocenters. The zero-order valence-corrected chi connectivity index (χ0v) is 19.6. The highest BCUT2D eigenvalue weighted by Crippen LogP contribution is 2.29. The average molecular weight is 472 g/mol. The minimum absolute atomic E-state index is 0.107. The van der Waals surface area contributed by atoms with Gasteiger partial charge in [-0.15, -0.1) is 0 Å². The molecule has 35 heavy (non-hydrogen) atoms. The van der Waals surface area contributed by atoms with Gasteiger partial charge in [0, 0.05) is 5.69 Å². The molecule has 2 amide bonds. The monoisotopic (exact) mass is 471 g/mol. The zero-order valence-electron chi connectivity index (χ0n) is 19.6. The van der Waals surface area contributed by atoms with Crippen molar-refractivity contribution in [1.82, 2.24) is 0 Å². The van der Waals surface area contributed by atoms with Crippen LogP contribution in [0.5, 0.6) is 17.2 Å². The molecule has 8 nitrogen and oxygen atoms in total. The van der Waals surface area contributed by atoms with Crippen LogP contribution in [0.1, 0.15) is 11.1 Å². The number of nitrogens with zero attached hydrogens (tertiary/aromatic N) is 1. The van der Waals surface area contributed by atoms with E-state index in [4.69, 9.17) is 14.2 Å². The molecule has 0 spiro atoms. The Kier molecular flexibility index (Phi) is 8.46. The summed E-state index contributed by atoms with van der Waals surface area (Å²) in [6, 6.07) is 21.1. The van der Waals surface area contributed by atoms with Crippen LogP contribution in [-0.2, 0) is 9.59 Å². The lowest BCUT2D eigenvalue weighted by molar-refractivity contribution is -0.118. The molecule has 0 aliphatic heterocycles. The van der Waals surface area contributed by atoms with Gasteiger partial charge in [0.2, 0.25) is 0 Å². The molecule has 2 N–H and O–H groups in total. The van der Waals surface area contributed by atoms with Crippen LogP contribution in [0.25, 0.3) is 6.08 Å². The summed E-state index contributed by atoms with van der Waals surface area (Å²) in [5.74, 6) is 0.286. The number of anilines is 2. The molecule has 8 heteroatoms. The maximum Gasteiger partial charge on any atom is 0.266 e. The van der Waals surface area contributed by atoms with Crippen LogP contribution in [0, 0.1) is 18.3 Å². The first kappa shape index (κ1) is 24.9. The fraction of sp³-hybridized carbons (Fsp3) is 0.148. The van der Waals surface area contributed by atoms with Crippen molar-refractivity contribution in [2.75, 3.05) is 31.5 Å². The highest BCUT2D eigenvalue weighted by atomic mass is 16.5. The van der Waals surface area contributed by atoms with E-state index in [0.717, 1.165) is 5.56 Å². The summed E-state index contributed by atoms with van der Waals surface area (Å²) in [6.45, 7) is 1.68. The second kappa shape index (κ2) is 11.9. The Labute approximate surface area is 203 Å². The van der Waals surface area contributed by atoms with Crippen LogP contribution < -0.4 is 24.8 Å². The van der Waals surface area contributed by atoms with Gasteiger partial charge in [-0.1, -0.05) is 36.4 Å². The number of amides is 2. The highest BCUT2D eigenvalue weighted by Gasteiger charge is 2.14. The maximum absolute atomic E-state index is 12.6. The fourth-order valence-corrected chi connectivity index (χ4v) is 3.19. The Morgan fingerprint density at radius 3 is 2.26 bits per heavy atom. The van der Waals surface area contributed by atoms with Crippen molar-refractivity contribution in [3.63, 3.8) is 0 Å². The molecule has 0 saturated carbocycles. The van der Waals surface area contributed by atoms with Gasteiger partial charge in [-0.25, -0.2) is 0 Å². The summed E-state index contributed by atoms with van der Waals surface area (Å²) in [7, 11) is 2.96. The lowest BCUT2D eigenvalue weighted by atomic mass is 10.1. The van der Waals surface area contributed by atoms with E-state index in [1.807, 2.05) is 37.3 Å². The number of rotatable bonds is 9. The summed E-state index contributed by atoms with van der Waals surface area (Å²) < 4.78 is 16.2. The lowest BCUT2D eigenvalue weighted by Gasteiger charge is -2.12. The molecule has 3 rings (SSSR count). The number of carbonyl (C=O) groups is 2. The van der Waals surface area contributed by atoms with Crippen LogP contribution in [0.2, 0.25) is 0 Å². The highest BCUT2D eigenvalue weighted by molar-refractivity contribution is 6.10. The smallest absolute Gasteiger partial charge is 0.266 e. The van der Waals surface area contributed by atoms with Crippen LogP contribution in [0.15, 0.2) is 72.3 Å². The molecule has 0 heterocycles. The first-order valence-electron chi connectivity index (χ1n) is 10.7. The van der Waals surface area contributed by atoms with Crippen molar-refractivity contribution in [3.05, 3.63) is 83.4 Å². The van der Waals surface area contributed by atoms with E-state index < -0.39 is 5.91 Å². The standard InChI is InChI=1S/C27H25N3O5/c1-18-8-4-5-9-21(18)29-26(31)17-35-24-13-12-19(15-25(24)34-3)14-20(16-28)27(32)30-22-10-6-7-11-23(22)33-2/h4-15H,17H2,1-3H3,(H,29,31)(H,30,32). The van der Waals surface area contributed by atoms with E-state index in [2.05, 4.69) is 10.6 Å². The van der Waals surface area contributed by atoms with E-state index in [1.165, 1.54) is 20.3 Å². The number of nitrogens with one attached hydrogen (secondary N) is 2. The second-order valence-corrected chi connectivity index (χ2v) is 7.39. The van der Waals surface area contributed by atoms with E-state index in [-0.39, 0.29) is 18.1 Å². The Morgan fingerprint density at radius 1 is 0.886 bits per heavy atom. The molecule has 3 aromatic rings. The van der Waals surface area contributed by atoms with Crippen molar-refractivity contribution in [2.45, 2.75) is 6.92 Å². The first-order chi connectivity index (χ1) is 16.9. The topological polar surface area (TPSA) is 110 Å². The van der Waals surface area contributed by atoms with Crippen molar-refractivity contribution in [2.24, 2.45) is 0 Å². The van der Waals surface area contributed by atoms with Gasteiger partial charge in [0.15, 0.2) is 18.1 Å². The molecule has 0 bridgehead atoms. The largest absolute Gasteiger partial charge is 0.495 e. The third kappa shape index (κ3) is 6.62. The molecular formula is C27H25N3O5. The van der Waals surface area contributed by atoms with E-state index in [0.29, 0.717) is 34.2 Å². The number of hydrogen-bond donors (Lipinski definition) is 2. The number of nitriles is 1. The molecule has 0 aliphatic carbocycles. The molecule has 0 radical (unpaired) electrons. The third-order valence-electron chi connectivity index (χ3n) is 5.00. The van der Waals surface area contributed by atoms with Gasteiger partial charge in [-0.2, -0.15) is 5.26 Å². The molecule has 0 aliphatic rings. The number of hydrogen-bond acceptors (Lipinski definition) is 6. The Morgan fingerprint density at radius 2 is 1.57 bits per heavy atom. The summed E-state index contributed by atoms with van der Waals surface area (Å²) in [6.07, 6.45) is 1.43. The van der Waals surface area contributed by atoms with Gasteiger partial charge in [-0.3, -0.25) is 9.59 Å². The van der Waals surface area contributed by atoms with Crippen molar-refractivity contribution >= 4 is 29.3 Å². The average Bonchev–Trinajstić information content (AvgIpc) is 2.87. The summed E-state index contributed by atoms with van der Waals surface area (Å²) in [5.41, 5.74) is 2.54. The fourth-order valence-electron chi connectivity index (χ4n) is 3.19. The minimum Gasteiger partial charge on any atom is -0.495 e. The number of aryl methyl sites for hydroxylation is 1. The van der Waals surface area contributed by atoms with Gasteiger partial charge in [-0.05, 0) is 54.5 Å². The lowest BCUT2D eigenvalue weighted by Crippen LogP contribution is -2.20. The Balaban J connectivity index is 1.70. The molecule has 0 saturated heterocycles.